The molecule has 152 valence electrons. The first-order chi connectivity index (χ1) is 13.4. The van der Waals surface area contributed by atoms with Crippen LogP contribution in [0.15, 0.2) is 35.5 Å². The van der Waals surface area contributed by atoms with Crippen LogP contribution in [0.5, 0.6) is 0 Å². The molecule has 28 heavy (non-hydrogen) atoms. The highest BCUT2D eigenvalue weighted by Gasteiger charge is 2.70. The number of unbranched alkanes of at least 4 members (excludes halogenated alkanes) is 1. The standard InChI is InChI=1S/C25H34O3/c1-4-5-6-16-9-10-25-20(12-16)15(2)11-17-18-7-8-19(21(27)14-26)24(18,3)13-22(28-25)23(17)25/h6,9-10,12,15,17-19,22-23,26H,4-5,7-8,11,13-14H2,1-3H3/b16-6-/t15-,17?,18?,19?,22?,23+,24?,25?/m0/s1. The fraction of sp³-hybridized carbons (Fsp3) is 0.720. The maximum absolute atomic E-state index is 12.4. The average Bonchev–Trinajstić information content (AvgIpc) is 3.02. The van der Waals surface area contributed by atoms with Crippen LogP contribution >= 0.6 is 0 Å². The topological polar surface area (TPSA) is 46.5 Å². The molecule has 5 aliphatic rings. The van der Waals surface area contributed by atoms with Crippen LogP contribution < -0.4 is 0 Å². The molecule has 0 aromatic heterocycles. The minimum Gasteiger partial charge on any atom is -0.389 e. The third-order valence-electron chi connectivity index (χ3n) is 8.94. The van der Waals surface area contributed by atoms with E-state index in [0.29, 0.717) is 23.7 Å². The van der Waals surface area contributed by atoms with Gasteiger partial charge in [0, 0.05) is 11.8 Å². The van der Waals surface area contributed by atoms with Crippen LogP contribution in [0.3, 0.4) is 0 Å². The van der Waals surface area contributed by atoms with Crippen LogP contribution in [-0.2, 0) is 9.53 Å². The lowest BCUT2D eigenvalue weighted by Crippen LogP contribution is -2.71. The number of ketones is 1. The molecule has 0 radical (unpaired) electrons. The van der Waals surface area contributed by atoms with Gasteiger partial charge in [-0.3, -0.25) is 4.79 Å². The summed E-state index contributed by atoms with van der Waals surface area (Å²) in [5.74, 6) is 2.37. The van der Waals surface area contributed by atoms with Gasteiger partial charge in [0.05, 0.1) is 6.10 Å². The van der Waals surface area contributed by atoms with E-state index in [2.05, 4.69) is 45.1 Å². The van der Waals surface area contributed by atoms with Gasteiger partial charge in [-0.2, -0.15) is 0 Å². The highest BCUT2D eigenvalue weighted by Crippen LogP contribution is 2.70. The molecule has 1 N–H and O–H groups in total. The van der Waals surface area contributed by atoms with Crippen molar-refractivity contribution >= 4 is 5.78 Å². The van der Waals surface area contributed by atoms with Gasteiger partial charge >= 0.3 is 0 Å². The first kappa shape index (κ1) is 18.8. The number of carbonyl (C=O) groups is 1. The van der Waals surface area contributed by atoms with E-state index in [-0.39, 0.29) is 35.4 Å². The van der Waals surface area contributed by atoms with Crippen LogP contribution in [-0.4, -0.2) is 29.2 Å². The smallest absolute Gasteiger partial charge is 0.161 e. The number of allylic oxidation sites excluding steroid dienone is 4. The highest BCUT2D eigenvalue weighted by atomic mass is 16.5. The number of hydrogen-bond acceptors (Lipinski definition) is 3. The minimum absolute atomic E-state index is 0.00123. The fourth-order valence-corrected chi connectivity index (χ4v) is 7.83. The molecule has 1 heterocycles. The lowest BCUT2D eigenvalue weighted by molar-refractivity contribution is -0.292. The minimum atomic E-state index is -0.310. The summed E-state index contributed by atoms with van der Waals surface area (Å²) in [7, 11) is 0. The lowest BCUT2D eigenvalue weighted by Gasteiger charge is -2.68. The Morgan fingerprint density at radius 3 is 2.96 bits per heavy atom. The monoisotopic (exact) mass is 382 g/mol. The summed E-state index contributed by atoms with van der Waals surface area (Å²) in [4.78, 5) is 12.4. The number of rotatable bonds is 4. The number of fused-ring (bicyclic) bond motifs is 2. The Bertz CT molecular complexity index is 777. The van der Waals surface area contributed by atoms with Gasteiger partial charge < -0.3 is 9.84 Å². The number of aliphatic hydroxyl groups is 1. The quantitative estimate of drug-likeness (QED) is 0.772. The Morgan fingerprint density at radius 2 is 2.21 bits per heavy atom. The maximum atomic E-state index is 12.4. The molecule has 4 fully saturated rings. The number of aliphatic hydroxyl groups excluding tert-OH is 1. The van der Waals surface area contributed by atoms with E-state index in [0.717, 1.165) is 25.7 Å². The molecule has 0 aromatic carbocycles. The first-order valence-corrected chi connectivity index (χ1v) is 11.4. The van der Waals surface area contributed by atoms with Gasteiger partial charge in [-0.15, -0.1) is 0 Å². The molecule has 0 amide bonds. The predicted molar refractivity (Wildman–Crippen MR) is 110 cm³/mol. The normalized spacial score (nSPS) is 49.7. The Kier molecular flexibility index (Phi) is 4.30. The average molecular weight is 383 g/mol. The van der Waals surface area contributed by atoms with Crippen LogP contribution in [0.4, 0.5) is 0 Å². The van der Waals surface area contributed by atoms with Crippen LogP contribution in [0, 0.1) is 35.0 Å². The Balaban J connectivity index is 1.48. The molecule has 1 aliphatic heterocycles. The molecule has 5 rings (SSSR count). The van der Waals surface area contributed by atoms with Gasteiger partial charge in [-0.1, -0.05) is 45.4 Å². The van der Waals surface area contributed by atoms with Gasteiger partial charge in [-0.25, -0.2) is 0 Å². The molecule has 4 aliphatic carbocycles. The molecule has 3 saturated carbocycles. The molecule has 0 aromatic rings. The van der Waals surface area contributed by atoms with E-state index < -0.39 is 0 Å². The van der Waals surface area contributed by atoms with Crippen molar-refractivity contribution in [2.45, 2.75) is 71.0 Å². The molecular weight excluding hydrogens is 348 g/mol. The number of ether oxygens (including phenoxy) is 1. The van der Waals surface area contributed by atoms with E-state index in [9.17, 15) is 9.90 Å². The maximum Gasteiger partial charge on any atom is 0.161 e. The van der Waals surface area contributed by atoms with E-state index in [1.807, 2.05) is 0 Å². The summed E-state index contributed by atoms with van der Waals surface area (Å²) in [5, 5.41) is 9.49. The van der Waals surface area contributed by atoms with E-state index in [4.69, 9.17) is 4.74 Å². The van der Waals surface area contributed by atoms with Crippen molar-refractivity contribution in [1.82, 2.24) is 0 Å². The number of hydrogen-bond donors (Lipinski definition) is 1. The van der Waals surface area contributed by atoms with E-state index >= 15 is 0 Å². The molecule has 0 bridgehead atoms. The predicted octanol–water partition coefficient (Wildman–Crippen LogP) is 4.62. The zero-order valence-electron chi connectivity index (χ0n) is 17.5. The summed E-state index contributed by atoms with van der Waals surface area (Å²) in [5.41, 5.74) is 2.64. The third-order valence-corrected chi connectivity index (χ3v) is 8.94. The molecule has 6 unspecified atom stereocenters. The second-order valence-electron chi connectivity index (χ2n) is 10.3. The number of carbonyl (C=O) groups excluding carboxylic acids is 1. The van der Waals surface area contributed by atoms with Gasteiger partial charge in [0.25, 0.3) is 0 Å². The van der Waals surface area contributed by atoms with Crippen molar-refractivity contribution in [3.8, 4) is 0 Å². The third kappa shape index (κ3) is 2.32. The van der Waals surface area contributed by atoms with Gasteiger partial charge in [0.15, 0.2) is 5.78 Å². The lowest BCUT2D eigenvalue weighted by atomic mass is 9.45. The van der Waals surface area contributed by atoms with Crippen LogP contribution in [0.25, 0.3) is 0 Å². The molecule has 3 heteroatoms. The van der Waals surface area contributed by atoms with Crippen molar-refractivity contribution in [2.75, 3.05) is 6.61 Å². The van der Waals surface area contributed by atoms with Crippen molar-refractivity contribution in [3.05, 3.63) is 35.5 Å². The van der Waals surface area contributed by atoms with Crippen molar-refractivity contribution in [3.63, 3.8) is 0 Å². The van der Waals surface area contributed by atoms with Crippen molar-refractivity contribution in [2.24, 2.45) is 35.0 Å². The Morgan fingerprint density at radius 1 is 1.39 bits per heavy atom. The molecule has 1 saturated heterocycles. The van der Waals surface area contributed by atoms with Crippen LogP contribution in [0.1, 0.15) is 59.3 Å². The molecule has 8 atom stereocenters. The summed E-state index contributed by atoms with van der Waals surface area (Å²) in [6.07, 6.45) is 16.2. The molecule has 3 nitrogen and oxygen atoms in total. The second-order valence-corrected chi connectivity index (χ2v) is 10.3. The van der Waals surface area contributed by atoms with Crippen LogP contribution in [0.2, 0.25) is 0 Å². The largest absolute Gasteiger partial charge is 0.389 e. The highest BCUT2D eigenvalue weighted by molar-refractivity contribution is 5.83. The SMILES string of the molecule is CCC/C=C1/C=CC23OC4CC5(C)C(C(=O)CO)CCC5C(C[C@H](C)C2=C1)[C@H]43. The number of Topliss-reactive ketones (excluding diaryl/α,β-unsaturated/α-hetero) is 1. The van der Waals surface area contributed by atoms with Gasteiger partial charge in [0.2, 0.25) is 0 Å². The van der Waals surface area contributed by atoms with E-state index in [1.54, 1.807) is 0 Å². The van der Waals surface area contributed by atoms with Gasteiger partial charge in [-0.05, 0) is 72.5 Å². The molecular formula is C25H34O3. The van der Waals surface area contributed by atoms with Crippen molar-refractivity contribution < 1.29 is 14.6 Å². The zero-order chi connectivity index (χ0) is 19.7. The van der Waals surface area contributed by atoms with Crippen molar-refractivity contribution in [1.29, 1.82) is 0 Å². The van der Waals surface area contributed by atoms with Gasteiger partial charge in [0.1, 0.15) is 12.2 Å². The summed E-state index contributed by atoms with van der Waals surface area (Å²) < 4.78 is 6.71. The fourth-order valence-electron chi connectivity index (χ4n) is 7.83. The Hall–Kier alpha value is -1.19. The molecule has 1 spiro atoms. The summed E-state index contributed by atoms with van der Waals surface area (Å²) in [6, 6.07) is 0. The second kappa shape index (κ2) is 6.40. The zero-order valence-corrected chi connectivity index (χ0v) is 17.5. The first-order valence-electron chi connectivity index (χ1n) is 11.4. The Labute approximate surface area is 168 Å². The summed E-state index contributed by atoms with van der Waals surface area (Å²) >= 11 is 0. The summed E-state index contributed by atoms with van der Waals surface area (Å²) in [6.45, 7) is 6.59. The van der Waals surface area contributed by atoms with E-state index in [1.165, 1.54) is 24.0 Å².